The molecule has 0 saturated heterocycles. The molecule has 0 atom stereocenters. The first-order chi connectivity index (χ1) is 7.71. The highest BCUT2D eigenvalue weighted by atomic mass is 16.3. The molecular weight excluding hydrogens is 200 g/mol. The summed E-state index contributed by atoms with van der Waals surface area (Å²) < 4.78 is 0. The Morgan fingerprint density at radius 2 is 1.56 bits per heavy atom. The zero-order valence-electron chi connectivity index (χ0n) is 10.2. The van der Waals surface area contributed by atoms with E-state index in [1.54, 1.807) is 0 Å². The van der Waals surface area contributed by atoms with Crippen molar-refractivity contribution in [2.45, 2.75) is 76.2 Å². The zero-order chi connectivity index (χ0) is 11.4. The quantitative estimate of drug-likeness (QED) is 0.747. The first kappa shape index (κ1) is 12.1. The van der Waals surface area contributed by atoms with Gasteiger partial charge in [-0.25, -0.2) is 0 Å². The summed E-state index contributed by atoms with van der Waals surface area (Å²) in [6.07, 6.45) is 11.4. The Morgan fingerprint density at radius 1 is 1.00 bits per heavy atom. The van der Waals surface area contributed by atoms with Gasteiger partial charge in [0, 0.05) is 6.42 Å². The molecule has 0 unspecified atom stereocenters. The van der Waals surface area contributed by atoms with Crippen molar-refractivity contribution in [1.82, 2.24) is 0 Å². The molecule has 0 aromatic rings. The van der Waals surface area contributed by atoms with Crippen molar-refractivity contribution in [3.63, 3.8) is 0 Å². The molecule has 0 radical (unpaired) electrons. The van der Waals surface area contributed by atoms with Gasteiger partial charge in [-0.3, -0.25) is 4.79 Å². The lowest BCUT2D eigenvalue weighted by molar-refractivity contribution is -0.139. The van der Waals surface area contributed by atoms with E-state index >= 15 is 0 Å². The first-order valence-electron chi connectivity index (χ1n) is 6.96. The predicted octanol–water partition coefficient (Wildman–Crippen LogP) is 3.22. The number of hydrogen-bond donors (Lipinski definition) is 1. The summed E-state index contributed by atoms with van der Waals surface area (Å²) in [6, 6.07) is 0. The third-order valence-corrected chi connectivity index (χ3v) is 4.40. The Hall–Kier alpha value is -0.370. The van der Waals surface area contributed by atoms with Gasteiger partial charge in [0.25, 0.3) is 0 Å². The lowest BCUT2D eigenvalue weighted by atomic mass is 9.84. The normalized spacial score (nSPS) is 26.6. The molecule has 0 bridgehead atoms. The molecule has 16 heavy (non-hydrogen) atoms. The number of hydrogen-bond acceptors (Lipinski definition) is 2. The van der Waals surface area contributed by atoms with Gasteiger partial charge in [0.2, 0.25) is 0 Å². The van der Waals surface area contributed by atoms with E-state index in [-0.39, 0.29) is 5.78 Å². The summed E-state index contributed by atoms with van der Waals surface area (Å²) in [4.78, 5) is 12.2. The van der Waals surface area contributed by atoms with Crippen LogP contribution in [0.5, 0.6) is 0 Å². The van der Waals surface area contributed by atoms with Crippen LogP contribution in [0.15, 0.2) is 0 Å². The van der Waals surface area contributed by atoms with Crippen molar-refractivity contribution < 1.29 is 9.90 Å². The minimum Gasteiger partial charge on any atom is -0.382 e. The van der Waals surface area contributed by atoms with Gasteiger partial charge in [0.05, 0.1) is 0 Å². The number of aliphatic hydroxyl groups is 1. The summed E-state index contributed by atoms with van der Waals surface area (Å²) in [5.74, 6) is 0.709. The third-order valence-electron chi connectivity index (χ3n) is 4.40. The topological polar surface area (TPSA) is 37.3 Å². The van der Waals surface area contributed by atoms with Crippen molar-refractivity contribution in [1.29, 1.82) is 0 Å². The van der Waals surface area contributed by atoms with Crippen LogP contribution in [0.25, 0.3) is 0 Å². The van der Waals surface area contributed by atoms with E-state index in [1.165, 1.54) is 38.5 Å². The lowest BCUT2D eigenvalue weighted by Crippen LogP contribution is -2.38. The van der Waals surface area contributed by atoms with Crippen LogP contribution >= 0.6 is 0 Å². The van der Waals surface area contributed by atoms with Crippen LogP contribution in [0.2, 0.25) is 0 Å². The standard InChI is InChI=1S/C14H24O2/c15-13(11-12-7-3-4-8-12)14(16)9-5-1-2-6-10-14/h12,16H,1-11H2. The fraction of sp³-hybridized carbons (Fsp3) is 0.929. The van der Waals surface area contributed by atoms with E-state index in [0.29, 0.717) is 25.2 Å². The summed E-state index contributed by atoms with van der Waals surface area (Å²) in [7, 11) is 0. The average Bonchev–Trinajstić information content (AvgIpc) is 2.66. The first-order valence-corrected chi connectivity index (χ1v) is 6.96. The molecule has 2 heteroatoms. The molecule has 0 spiro atoms. The van der Waals surface area contributed by atoms with Crippen molar-refractivity contribution in [3.05, 3.63) is 0 Å². The molecule has 1 N–H and O–H groups in total. The fourth-order valence-corrected chi connectivity index (χ4v) is 3.26. The second-order valence-corrected chi connectivity index (χ2v) is 5.72. The van der Waals surface area contributed by atoms with Crippen LogP contribution in [-0.4, -0.2) is 16.5 Å². The monoisotopic (exact) mass is 224 g/mol. The summed E-state index contributed by atoms with van der Waals surface area (Å²) in [6.45, 7) is 0. The van der Waals surface area contributed by atoms with E-state index in [4.69, 9.17) is 0 Å². The van der Waals surface area contributed by atoms with Gasteiger partial charge in [-0.2, -0.15) is 0 Å². The molecule has 2 saturated carbocycles. The summed E-state index contributed by atoms with van der Waals surface area (Å²) >= 11 is 0. The molecular formula is C14H24O2. The SMILES string of the molecule is O=C(CC1CCCC1)C1(O)CCCCCC1. The maximum absolute atomic E-state index is 12.2. The van der Waals surface area contributed by atoms with Gasteiger partial charge in [0.15, 0.2) is 5.78 Å². The maximum atomic E-state index is 12.2. The molecule has 0 aromatic carbocycles. The number of carbonyl (C=O) groups is 1. The van der Waals surface area contributed by atoms with Crippen LogP contribution in [0, 0.1) is 5.92 Å². The Morgan fingerprint density at radius 3 is 2.12 bits per heavy atom. The van der Waals surface area contributed by atoms with Crippen molar-refractivity contribution in [2.24, 2.45) is 5.92 Å². The molecule has 2 aliphatic rings. The van der Waals surface area contributed by atoms with Crippen LogP contribution in [-0.2, 0) is 4.79 Å². The minimum atomic E-state index is -0.959. The van der Waals surface area contributed by atoms with Crippen LogP contribution in [0.1, 0.15) is 70.6 Å². The van der Waals surface area contributed by atoms with Crippen LogP contribution in [0.4, 0.5) is 0 Å². The molecule has 2 fully saturated rings. The molecule has 2 aliphatic carbocycles. The van der Waals surface area contributed by atoms with Gasteiger partial charge in [-0.05, 0) is 18.8 Å². The molecule has 0 amide bonds. The lowest BCUT2D eigenvalue weighted by Gasteiger charge is -2.26. The molecule has 2 rings (SSSR count). The maximum Gasteiger partial charge on any atom is 0.164 e. The van der Waals surface area contributed by atoms with Gasteiger partial charge in [-0.1, -0.05) is 51.4 Å². The second-order valence-electron chi connectivity index (χ2n) is 5.72. The van der Waals surface area contributed by atoms with Crippen LogP contribution in [0.3, 0.4) is 0 Å². The smallest absolute Gasteiger partial charge is 0.164 e. The second kappa shape index (κ2) is 5.31. The van der Waals surface area contributed by atoms with Crippen molar-refractivity contribution in [3.8, 4) is 0 Å². The number of rotatable bonds is 3. The minimum absolute atomic E-state index is 0.140. The molecule has 0 aromatic heterocycles. The zero-order valence-corrected chi connectivity index (χ0v) is 10.2. The Balaban J connectivity index is 1.90. The Labute approximate surface area is 98.4 Å². The summed E-state index contributed by atoms with van der Waals surface area (Å²) in [5.41, 5.74) is -0.959. The van der Waals surface area contributed by atoms with E-state index < -0.39 is 5.60 Å². The Kier molecular flexibility index (Phi) is 4.01. The van der Waals surface area contributed by atoms with Crippen molar-refractivity contribution >= 4 is 5.78 Å². The van der Waals surface area contributed by atoms with Gasteiger partial charge in [-0.15, -0.1) is 0 Å². The fourth-order valence-electron chi connectivity index (χ4n) is 3.26. The van der Waals surface area contributed by atoms with E-state index in [0.717, 1.165) is 12.8 Å². The van der Waals surface area contributed by atoms with Gasteiger partial charge in [0.1, 0.15) is 5.60 Å². The van der Waals surface area contributed by atoms with Gasteiger partial charge < -0.3 is 5.11 Å². The third kappa shape index (κ3) is 2.85. The molecule has 2 nitrogen and oxygen atoms in total. The van der Waals surface area contributed by atoms with E-state index in [2.05, 4.69) is 0 Å². The highest BCUT2D eigenvalue weighted by molar-refractivity contribution is 5.87. The van der Waals surface area contributed by atoms with Gasteiger partial charge >= 0.3 is 0 Å². The highest BCUT2D eigenvalue weighted by Crippen LogP contribution is 2.33. The average molecular weight is 224 g/mol. The molecule has 0 aliphatic heterocycles. The summed E-state index contributed by atoms with van der Waals surface area (Å²) in [5, 5.41) is 10.4. The number of carbonyl (C=O) groups excluding carboxylic acids is 1. The van der Waals surface area contributed by atoms with E-state index in [9.17, 15) is 9.90 Å². The molecule has 92 valence electrons. The largest absolute Gasteiger partial charge is 0.382 e. The number of ketones is 1. The predicted molar refractivity (Wildman–Crippen MR) is 64.2 cm³/mol. The molecule has 0 heterocycles. The van der Waals surface area contributed by atoms with Crippen LogP contribution < -0.4 is 0 Å². The van der Waals surface area contributed by atoms with Crippen molar-refractivity contribution in [2.75, 3.05) is 0 Å². The highest BCUT2D eigenvalue weighted by Gasteiger charge is 2.36. The Bertz CT molecular complexity index is 233. The van der Waals surface area contributed by atoms with E-state index in [1.807, 2.05) is 0 Å². The number of Topliss-reactive ketones (excluding diaryl/α,β-unsaturated/α-hetero) is 1.